The van der Waals surface area contributed by atoms with Crippen molar-refractivity contribution in [2.75, 3.05) is 17.7 Å². The largest absolute Gasteiger partial charge is 0.497 e. The van der Waals surface area contributed by atoms with Gasteiger partial charge in [-0.1, -0.05) is 12.1 Å². The molecule has 0 spiro atoms. The first kappa shape index (κ1) is 17.5. The minimum Gasteiger partial charge on any atom is -0.497 e. The molecule has 0 unspecified atom stereocenters. The Hall–Kier alpha value is -2.83. The Bertz CT molecular complexity index is 664. The van der Waals surface area contributed by atoms with Crippen LogP contribution in [0.2, 0.25) is 0 Å². The molecule has 2 aromatic rings. The molecule has 0 fully saturated rings. The normalized spacial score (nSPS) is 10.8. The SMILES string of the molecule is COc1ccc(CNc2ccc(NC(=O)OC(C)(C)C)nn2)cc1. The van der Waals surface area contributed by atoms with Gasteiger partial charge in [-0.3, -0.25) is 5.32 Å². The van der Waals surface area contributed by atoms with Gasteiger partial charge >= 0.3 is 6.09 Å². The van der Waals surface area contributed by atoms with Crippen LogP contribution in [0.15, 0.2) is 36.4 Å². The maximum absolute atomic E-state index is 11.6. The topological polar surface area (TPSA) is 85.4 Å². The second kappa shape index (κ2) is 7.63. The van der Waals surface area contributed by atoms with E-state index in [9.17, 15) is 4.79 Å². The molecule has 128 valence electrons. The number of amides is 1. The molecule has 0 bridgehead atoms. The van der Waals surface area contributed by atoms with E-state index in [2.05, 4.69) is 20.8 Å². The molecule has 1 amide bonds. The van der Waals surface area contributed by atoms with E-state index in [1.807, 2.05) is 24.3 Å². The van der Waals surface area contributed by atoms with Gasteiger partial charge in [0, 0.05) is 6.54 Å². The molecule has 24 heavy (non-hydrogen) atoms. The van der Waals surface area contributed by atoms with Gasteiger partial charge in [-0.05, 0) is 50.6 Å². The highest BCUT2D eigenvalue weighted by Crippen LogP contribution is 2.14. The van der Waals surface area contributed by atoms with Crippen LogP contribution < -0.4 is 15.4 Å². The first-order chi connectivity index (χ1) is 11.4. The van der Waals surface area contributed by atoms with E-state index in [0.717, 1.165) is 11.3 Å². The van der Waals surface area contributed by atoms with Gasteiger partial charge in [-0.15, -0.1) is 10.2 Å². The number of ether oxygens (including phenoxy) is 2. The zero-order valence-corrected chi connectivity index (χ0v) is 14.3. The Morgan fingerprint density at radius 3 is 2.21 bits per heavy atom. The first-order valence-corrected chi connectivity index (χ1v) is 7.56. The third kappa shape index (κ3) is 5.75. The van der Waals surface area contributed by atoms with Crippen molar-refractivity contribution in [3.8, 4) is 5.75 Å². The number of rotatable bonds is 5. The Morgan fingerprint density at radius 2 is 1.67 bits per heavy atom. The summed E-state index contributed by atoms with van der Waals surface area (Å²) in [7, 11) is 1.63. The summed E-state index contributed by atoms with van der Waals surface area (Å²) in [6.45, 7) is 6.00. The predicted octanol–water partition coefficient (Wildman–Crippen LogP) is 3.44. The number of carbonyl (C=O) groups is 1. The molecule has 1 aromatic carbocycles. The molecule has 0 aliphatic carbocycles. The number of hydrogen-bond donors (Lipinski definition) is 2. The van der Waals surface area contributed by atoms with Crippen LogP contribution in [-0.4, -0.2) is 29.0 Å². The van der Waals surface area contributed by atoms with Gasteiger partial charge in [-0.2, -0.15) is 0 Å². The van der Waals surface area contributed by atoms with E-state index >= 15 is 0 Å². The molecule has 2 N–H and O–H groups in total. The third-order valence-electron chi connectivity index (χ3n) is 2.93. The molecule has 2 rings (SSSR count). The Balaban J connectivity index is 1.86. The monoisotopic (exact) mass is 330 g/mol. The van der Waals surface area contributed by atoms with Gasteiger partial charge in [0.05, 0.1) is 7.11 Å². The molecule has 0 radical (unpaired) electrons. The lowest BCUT2D eigenvalue weighted by molar-refractivity contribution is 0.0635. The van der Waals surface area contributed by atoms with Crippen LogP contribution in [0, 0.1) is 0 Å². The van der Waals surface area contributed by atoms with Crippen molar-refractivity contribution >= 4 is 17.7 Å². The number of anilines is 2. The minimum atomic E-state index is -0.559. The quantitative estimate of drug-likeness (QED) is 0.873. The predicted molar refractivity (Wildman–Crippen MR) is 92.2 cm³/mol. The summed E-state index contributed by atoms with van der Waals surface area (Å²) in [4.78, 5) is 11.6. The molecule has 7 nitrogen and oxygen atoms in total. The van der Waals surface area contributed by atoms with Crippen LogP contribution in [0.3, 0.4) is 0 Å². The fourth-order valence-corrected chi connectivity index (χ4v) is 1.84. The lowest BCUT2D eigenvalue weighted by atomic mass is 10.2. The number of hydrogen-bond acceptors (Lipinski definition) is 6. The highest BCUT2D eigenvalue weighted by Gasteiger charge is 2.16. The van der Waals surface area contributed by atoms with E-state index in [0.29, 0.717) is 18.2 Å². The first-order valence-electron chi connectivity index (χ1n) is 7.56. The summed E-state index contributed by atoms with van der Waals surface area (Å²) in [5, 5.41) is 13.7. The van der Waals surface area contributed by atoms with Crippen LogP contribution in [0.25, 0.3) is 0 Å². The highest BCUT2D eigenvalue weighted by molar-refractivity contribution is 5.83. The average Bonchev–Trinajstić information content (AvgIpc) is 2.53. The average molecular weight is 330 g/mol. The standard InChI is InChI=1S/C17H22N4O3/c1-17(2,3)24-16(22)19-15-10-9-14(20-21-15)18-11-12-5-7-13(23-4)8-6-12/h5-10H,11H2,1-4H3,(H,18,20)(H,19,21,22). The molecule has 1 aromatic heterocycles. The second-order valence-electron chi connectivity index (χ2n) is 6.13. The number of methoxy groups -OCH3 is 1. The summed E-state index contributed by atoms with van der Waals surface area (Å²) >= 11 is 0. The van der Waals surface area contributed by atoms with Crippen molar-refractivity contribution in [1.82, 2.24) is 10.2 Å². The summed E-state index contributed by atoms with van der Waals surface area (Å²) in [6.07, 6.45) is -0.559. The smallest absolute Gasteiger partial charge is 0.413 e. The minimum absolute atomic E-state index is 0.333. The molecule has 0 saturated heterocycles. The molecule has 0 aliphatic rings. The Kier molecular flexibility index (Phi) is 5.57. The highest BCUT2D eigenvalue weighted by atomic mass is 16.6. The van der Waals surface area contributed by atoms with Gasteiger partial charge in [0.2, 0.25) is 0 Å². The Morgan fingerprint density at radius 1 is 1.04 bits per heavy atom. The zero-order chi connectivity index (χ0) is 17.6. The number of aromatic nitrogens is 2. The number of nitrogens with zero attached hydrogens (tertiary/aromatic N) is 2. The lowest BCUT2D eigenvalue weighted by Crippen LogP contribution is -2.27. The van der Waals surface area contributed by atoms with E-state index in [1.165, 1.54) is 0 Å². The molecule has 1 heterocycles. The van der Waals surface area contributed by atoms with E-state index < -0.39 is 11.7 Å². The van der Waals surface area contributed by atoms with Crippen molar-refractivity contribution in [3.63, 3.8) is 0 Å². The summed E-state index contributed by atoms with van der Waals surface area (Å²) in [5.41, 5.74) is 0.533. The van der Waals surface area contributed by atoms with Crippen molar-refractivity contribution in [2.45, 2.75) is 32.9 Å². The molecular weight excluding hydrogens is 308 g/mol. The molecule has 0 aliphatic heterocycles. The van der Waals surface area contributed by atoms with Gasteiger partial charge in [0.15, 0.2) is 5.82 Å². The van der Waals surface area contributed by atoms with Crippen LogP contribution in [-0.2, 0) is 11.3 Å². The van der Waals surface area contributed by atoms with E-state index in [1.54, 1.807) is 40.0 Å². The Labute approximate surface area is 141 Å². The van der Waals surface area contributed by atoms with Crippen LogP contribution in [0.1, 0.15) is 26.3 Å². The third-order valence-corrected chi connectivity index (χ3v) is 2.93. The lowest BCUT2D eigenvalue weighted by Gasteiger charge is -2.19. The second-order valence-corrected chi connectivity index (χ2v) is 6.13. The zero-order valence-electron chi connectivity index (χ0n) is 14.3. The van der Waals surface area contributed by atoms with E-state index in [4.69, 9.17) is 9.47 Å². The summed E-state index contributed by atoms with van der Waals surface area (Å²) in [6, 6.07) is 11.1. The van der Waals surface area contributed by atoms with Crippen LogP contribution in [0.4, 0.5) is 16.4 Å². The molecule has 0 saturated carbocycles. The van der Waals surface area contributed by atoms with Gasteiger partial charge in [0.1, 0.15) is 17.2 Å². The molecular formula is C17H22N4O3. The van der Waals surface area contributed by atoms with Crippen molar-refractivity contribution in [3.05, 3.63) is 42.0 Å². The van der Waals surface area contributed by atoms with Crippen molar-refractivity contribution in [2.24, 2.45) is 0 Å². The fraction of sp³-hybridized carbons (Fsp3) is 0.353. The number of nitrogens with one attached hydrogen (secondary N) is 2. The van der Waals surface area contributed by atoms with Crippen molar-refractivity contribution < 1.29 is 14.3 Å². The number of benzene rings is 1. The maximum atomic E-state index is 11.6. The number of carbonyl (C=O) groups excluding carboxylic acids is 1. The van der Waals surface area contributed by atoms with Gasteiger partial charge in [-0.25, -0.2) is 4.79 Å². The summed E-state index contributed by atoms with van der Waals surface area (Å²) < 4.78 is 10.3. The van der Waals surface area contributed by atoms with Crippen molar-refractivity contribution in [1.29, 1.82) is 0 Å². The van der Waals surface area contributed by atoms with Gasteiger partial charge < -0.3 is 14.8 Å². The molecule has 0 atom stereocenters. The fourth-order valence-electron chi connectivity index (χ4n) is 1.84. The van der Waals surface area contributed by atoms with Crippen LogP contribution in [0.5, 0.6) is 5.75 Å². The maximum Gasteiger partial charge on any atom is 0.413 e. The summed E-state index contributed by atoms with van der Waals surface area (Å²) in [5.74, 6) is 1.76. The van der Waals surface area contributed by atoms with Gasteiger partial charge in [0.25, 0.3) is 0 Å². The van der Waals surface area contributed by atoms with E-state index in [-0.39, 0.29) is 0 Å². The molecule has 7 heteroatoms. The van der Waals surface area contributed by atoms with Crippen LogP contribution >= 0.6 is 0 Å².